The summed E-state index contributed by atoms with van der Waals surface area (Å²) in [5, 5.41) is 0. The molecule has 0 nitrogen and oxygen atoms in total. The molecule has 0 saturated carbocycles. The predicted octanol–water partition coefficient (Wildman–Crippen LogP) is 7.37. The first-order valence-corrected chi connectivity index (χ1v) is 11.9. The summed E-state index contributed by atoms with van der Waals surface area (Å²) < 4.78 is 44.3. The van der Waals surface area contributed by atoms with Crippen LogP contribution in [0.1, 0.15) is 72.1 Å². The highest BCUT2D eigenvalue weighted by molar-refractivity contribution is 5.51. The molecule has 1 aliphatic carbocycles. The van der Waals surface area contributed by atoms with Gasteiger partial charge in [0.1, 0.15) is 17.5 Å². The molecular formula is C31H27F3. The van der Waals surface area contributed by atoms with Gasteiger partial charge in [-0.3, -0.25) is 0 Å². The fourth-order valence-corrected chi connectivity index (χ4v) is 4.48. The molecule has 1 aliphatic rings. The van der Waals surface area contributed by atoms with E-state index >= 15 is 4.39 Å². The molecule has 3 aromatic rings. The molecule has 0 amide bonds. The van der Waals surface area contributed by atoms with Crippen molar-refractivity contribution in [3.63, 3.8) is 0 Å². The maximum absolute atomic E-state index is 15.0. The van der Waals surface area contributed by atoms with Crippen LogP contribution in [0.2, 0.25) is 0 Å². The largest absolute Gasteiger partial charge is 0.206 e. The third-order valence-electron chi connectivity index (χ3n) is 6.42. The van der Waals surface area contributed by atoms with Gasteiger partial charge in [0, 0.05) is 11.1 Å². The van der Waals surface area contributed by atoms with Crippen molar-refractivity contribution >= 4 is 0 Å². The number of rotatable bonds is 3. The first kappa shape index (κ1) is 23.7. The number of hydrogen-bond donors (Lipinski definition) is 0. The van der Waals surface area contributed by atoms with Gasteiger partial charge in [-0.1, -0.05) is 62.5 Å². The van der Waals surface area contributed by atoms with E-state index in [2.05, 4.69) is 37.5 Å². The highest BCUT2D eigenvalue weighted by Gasteiger charge is 2.24. The number of fused-ring (bicyclic) bond motifs is 1. The van der Waals surface area contributed by atoms with Crippen molar-refractivity contribution in [2.45, 2.75) is 52.4 Å². The Morgan fingerprint density at radius 3 is 2.26 bits per heavy atom. The SMILES string of the molecule is CCCC1CCc2c(cc(F)c(C#Cc3ccc(C#Cc4ccc(CC)cc4)c(F)c3)c2F)C1. The van der Waals surface area contributed by atoms with Crippen LogP contribution in [0.3, 0.4) is 0 Å². The lowest BCUT2D eigenvalue weighted by Gasteiger charge is -2.25. The van der Waals surface area contributed by atoms with Crippen LogP contribution in [0, 0.1) is 47.1 Å². The lowest BCUT2D eigenvalue weighted by atomic mass is 9.81. The number of halogens is 3. The molecule has 0 spiro atoms. The van der Waals surface area contributed by atoms with Gasteiger partial charge < -0.3 is 0 Å². The summed E-state index contributed by atoms with van der Waals surface area (Å²) in [7, 11) is 0. The Bertz CT molecular complexity index is 1310. The van der Waals surface area contributed by atoms with E-state index < -0.39 is 17.5 Å². The van der Waals surface area contributed by atoms with Gasteiger partial charge >= 0.3 is 0 Å². The topological polar surface area (TPSA) is 0 Å². The number of benzene rings is 3. The van der Waals surface area contributed by atoms with Gasteiger partial charge in [0.15, 0.2) is 0 Å². The quantitative estimate of drug-likeness (QED) is 0.361. The molecular weight excluding hydrogens is 429 g/mol. The second-order valence-electron chi connectivity index (χ2n) is 8.83. The second-order valence-corrected chi connectivity index (χ2v) is 8.83. The summed E-state index contributed by atoms with van der Waals surface area (Å²) in [6.45, 7) is 4.21. The Morgan fingerprint density at radius 2 is 1.56 bits per heavy atom. The predicted molar refractivity (Wildman–Crippen MR) is 131 cm³/mol. The zero-order valence-electron chi connectivity index (χ0n) is 19.6. The minimum atomic E-state index is -0.655. The first-order chi connectivity index (χ1) is 16.5. The fourth-order valence-electron chi connectivity index (χ4n) is 4.48. The maximum atomic E-state index is 15.0. The van der Waals surface area contributed by atoms with Gasteiger partial charge in [-0.15, -0.1) is 0 Å². The van der Waals surface area contributed by atoms with E-state index in [0.717, 1.165) is 36.8 Å². The average Bonchev–Trinajstić information content (AvgIpc) is 2.83. The van der Waals surface area contributed by atoms with Gasteiger partial charge in [0.05, 0.1) is 11.1 Å². The molecule has 3 heteroatoms. The third kappa shape index (κ3) is 5.37. The molecule has 0 N–H and O–H groups in total. The van der Waals surface area contributed by atoms with Crippen molar-refractivity contribution in [3.05, 3.63) is 105 Å². The summed E-state index contributed by atoms with van der Waals surface area (Å²) >= 11 is 0. The molecule has 0 saturated heterocycles. The van der Waals surface area contributed by atoms with Crippen LogP contribution in [0.5, 0.6) is 0 Å². The van der Waals surface area contributed by atoms with Crippen molar-refractivity contribution in [1.29, 1.82) is 0 Å². The van der Waals surface area contributed by atoms with E-state index in [0.29, 0.717) is 29.9 Å². The molecule has 0 heterocycles. The van der Waals surface area contributed by atoms with Crippen LogP contribution in [0.4, 0.5) is 13.2 Å². The summed E-state index contributed by atoms with van der Waals surface area (Å²) in [6.07, 6.45) is 5.31. The van der Waals surface area contributed by atoms with E-state index in [4.69, 9.17) is 0 Å². The van der Waals surface area contributed by atoms with Crippen LogP contribution in [-0.4, -0.2) is 0 Å². The Kier molecular flexibility index (Phi) is 7.44. The molecule has 34 heavy (non-hydrogen) atoms. The lowest BCUT2D eigenvalue weighted by Crippen LogP contribution is -2.17. The zero-order chi connectivity index (χ0) is 24.1. The highest BCUT2D eigenvalue weighted by atomic mass is 19.1. The fraction of sp³-hybridized carbons (Fsp3) is 0.290. The average molecular weight is 457 g/mol. The van der Waals surface area contributed by atoms with Crippen LogP contribution in [0.25, 0.3) is 0 Å². The zero-order valence-corrected chi connectivity index (χ0v) is 19.6. The molecule has 0 aliphatic heterocycles. The van der Waals surface area contributed by atoms with Crippen LogP contribution < -0.4 is 0 Å². The van der Waals surface area contributed by atoms with E-state index in [-0.39, 0.29) is 11.1 Å². The molecule has 0 aromatic heterocycles. The van der Waals surface area contributed by atoms with Crippen molar-refractivity contribution in [2.24, 2.45) is 5.92 Å². The second kappa shape index (κ2) is 10.7. The molecule has 0 radical (unpaired) electrons. The Labute approximate surface area is 200 Å². The van der Waals surface area contributed by atoms with E-state index in [1.54, 1.807) is 12.1 Å². The van der Waals surface area contributed by atoms with Gasteiger partial charge in [0.2, 0.25) is 0 Å². The molecule has 1 unspecified atom stereocenters. The standard InChI is InChI=1S/C31H27F3/c1-3-5-23-12-16-27-26(18-23)20-30(33)28(31(27)34)17-13-24-11-15-25(29(32)19-24)14-10-22-8-6-21(4-2)7-9-22/h6-9,11,15,19-20,23H,3-5,12,16,18H2,1-2H3. The molecule has 0 bridgehead atoms. The molecule has 4 rings (SSSR count). The molecule has 0 fully saturated rings. The lowest BCUT2D eigenvalue weighted by molar-refractivity contribution is 0.411. The van der Waals surface area contributed by atoms with Crippen LogP contribution >= 0.6 is 0 Å². The molecule has 3 aromatic carbocycles. The number of aryl methyl sites for hydroxylation is 1. The Balaban J connectivity index is 1.55. The van der Waals surface area contributed by atoms with Crippen molar-refractivity contribution < 1.29 is 13.2 Å². The molecule has 1 atom stereocenters. The van der Waals surface area contributed by atoms with Gasteiger partial charge in [-0.05, 0) is 84.7 Å². The summed E-state index contributed by atoms with van der Waals surface area (Å²) in [4.78, 5) is 0. The number of hydrogen-bond acceptors (Lipinski definition) is 0. The van der Waals surface area contributed by atoms with Gasteiger partial charge in [-0.25, -0.2) is 13.2 Å². The summed E-state index contributed by atoms with van der Waals surface area (Å²) in [5.41, 5.74) is 3.69. The van der Waals surface area contributed by atoms with Crippen molar-refractivity contribution in [2.75, 3.05) is 0 Å². The van der Waals surface area contributed by atoms with Gasteiger partial charge in [0.25, 0.3) is 0 Å². The highest BCUT2D eigenvalue weighted by Crippen LogP contribution is 2.32. The van der Waals surface area contributed by atoms with E-state index in [1.165, 1.54) is 17.7 Å². The minimum absolute atomic E-state index is 0.243. The van der Waals surface area contributed by atoms with E-state index in [1.807, 2.05) is 24.3 Å². The minimum Gasteiger partial charge on any atom is -0.206 e. The monoisotopic (exact) mass is 456 g/mol. The summed E-state index contributed by atoms with van der Waals surface area (Å²) in [5.74, 6) is 9.85. The van der Waals surface area contributed by atoms with Crippen molar-refractivity contribution in [3.8, 4) is 23.7 Å². The molecule has 172 valence electrons. The maximum Gasteiger partial charge on any atom is 0.145 e. The Hall–Kier alpha value is -3.43. The van der Waals surface area contributed by atoms with Crippen LogP contribution in [-0.2, 0) is 19.3 Å². The van der Waals surface area contributed by atoms with Gasteiger partial charge in [-0.2, -0.15) is 0 Å². The Morgan fingerprint density at radius 1 is 0.824 bits per heavy atom. The third-order valence-corrected chi connectivity index (χ3v) is 6.42. The van der Waals surface area contributed by atoms with Crippen molar-refractivity contribution in [1.82, 2.24) is 0 Å². The summed E-state index contributed by atoms with van der Waals surface area (Å²) in [6, 6.07) is 13.7. The normalized spacial score (nSPS) is 14.4. The van der Waals surface area contributed by atoms with Crippen LogP contribution in [0.15, 0.2) is 48.5 Å². The van der Waals surface area contributed by atoms with E-state index in [9.17, 15) is 8.78 Å². The first-order valence-electron chi connectivity index (χ1n) is 11.9. The smallest absolute Gasteiger partial charge is 0.145 e.